The van der Waals surface area contributed by atoms with Crippen LogP contribution >= 0.6 is 11.8 Å². The maximum Gasteiger partial charge on any atom is 0.453 e. The van der Waals surface area contributed by atoms with Gasteiger partial charge in [-0.25, -0.2) is 0 Å². The van der Waals surface area contributed by atoms with E-state index in [2.05, 4.69) is 24.0 Å². The number of rotatable bonds is 10. The van der Waals surface area contributed by atoms with Crippen molar-refractivity contribution in [1.82, 2.24) is 9.80 Å². The zero-order valence-corrected chi connectivity index (χ0v) is 25.3. The molecule has 1 saturated heterocycles. The van der Waals surface area contributed by atoms with E-state index in [1.807, 2.05) is 41.3 Å². The summed E-state index contributed by atoms with van der Waals surface area (Å²) in [6.45, 7) is 6.22. The monoisotopic (exact) mass is 636 g/mol. The molecule has 11 heteroatoms. The maximum absolute atomic E-state index is 13.1. The van der Waals surface area contributed by atoms with Crippen molar-refractivity contribution in [3.05, 3.63) is 83.4 Å². The molecule has 1 fully saturated rings. The van der Waals surface area contributed by atoms with Gasteiger partial charge in [0.2, 0.25) is 0 Å². The van der Waals surface area contributed by atoms with Crippen LogP contribution in [0, 0.1) is 0 Å². The van der Waals surface area contributed by atoms with Crippen molar-refractivity contribution in [3.8, 4) is 17.2 Å². The average molecular weight is 637 g/mol. The highest BCUT2D eigenvalue weighted by Gasteiger charge is 2.56. The van der Waals surface area contributed by atoms with Crippen LogP contribution in [0.2, 0.25) is 0 Å². The lowest BCUT2D eigenvalue weighted by molar-refractivity contribution is -0.284. The number of phenolic OH excluding ortho intramolecular Hbond substituents is 2. The van der Waals surface area contributed by atoms with Crippen LogP contribution in [0.5, 0.6) is 17.2 Å². The number of hydrogen-bond acceptors (Lipinski definition) is 6. The number of aromatic hydroxyl groups is 2. The Balaban J connectivity index is 1.16. The van der Waals surface area contributed by atoms with Gasteiger partial charge in [-0.05, 0) is 66.1 Å². The largest absolute Gasteiger partial charge is 0.508 e. The van der Waals surface area contributed by atoms with Gasteiger partial charge in [0.25, 0.3) is 0 Å². The third-order valence-electron chi connectivity index (χ3n) is 8.73. The van der Waals surface area contributed by atoms with Gasteiger partial charge in [-0.15, -0.1) is 11.8 Å². The first-order valence-corrected chi connectivity index (χ1v) is 15.7. The molecule has 5 nitrogen and oxygen atoms in total. The molecule has 0 aromatic heterocycles. The van der Waals surface area contributed by atoms with Crippen molar-refractivity contribution in [2.24, 2.45) is 0 Å². The van der Waals surface area contributed by atoms with E-state index >= 15 is 0 Å². The molecule has 2 N–H and O–H groups in total. The number of halogens is 5. The summed E-state index contributed by atoms with van der Waals surface area (Å²) in [5.74, 6) is -2.64. The van der Waals surface area contributed by atoms with Crippen LogP contribution in [0.4, 0.5) is 22.0 Å². The first kappa shape index (κ1) is 32.4. The molecule has 44 heavy (non-hydrogen) atoms. The summed E-state index contributed by atoms with van der Waals surface area (Å²) in [5, 5.41) is 20.0. The molecule has 0 spiro atoms. The van der Waals surface area contributed by atoms with Gasteiger partial charge in [0, 0.05) is 61.1 Å². The average Bonchev–Trinajstić information content (AvgIpc) is 2.98. The summed E-state index contributed by atoms with van der Waals surface area (Å²) < 4.78 is 69.4. The summed E-state index contributed by atoms with van der Waals surface area (Å²) in [6.07, 6.45) is -6.88. The minimum Gasteiger partial charge on any atom is -0.508 e. The molecule has 2 aliphatic heterocycles. The lowest BCUT2D eigenvalue weighted by Gasteiger charge is -2.43. The lowest BCUT2D eigenvalue weighted by Crippen LogP contribution is -2.48. The molecule has 3 aromatic carbocycles. The molecule has 0 aliphatic carbocycles. The van der Waals surface area contributed by atoms with Gasteiger partial charge < -0.3 is 19.8 Å². The molecule has 2 aliphatic rings. The molecule has 0 bridgehead atoms. The van der Waals surface area contributed by atoms with Gasteiger partial charge in [0.05, 0.1) is 0 Å². The molecule has 238 valence electrons. The first-order chi connectivity index (χ1) is 20.9. The highest BCUT2D eigenvalue weighted by molar-refractivity contribution is 7.99. The Hall–Kier alpha value is -3.02. The first-order valence-electron chi connectivity index (χ1n) is 14.7. The molecule has 2 atom stereocenters. The van der Waals surface area contributed by atoms with Crippen LogP contribution in [0.15, 0.2) is 71.6 Å². The number of phenols is 2. The second kappa shape index (κ2) is 13.1. The molecule has 0 radical (unpaired) electrons. The number of piperazine rings is 1. The van der Waals surface area contributed by atoms with Crippen molar-refractivity contribution in [1.29, 1.82) is 0 Å². The molecular weight excluding hydrogens is 599 g/mol. The quantitative estimate of drug-likeness (QED) is 0.229. The zero-order chi connectivity index (χ0) is 31.5. The van der Waals surface area contributed by atoms with E-state index in [1.165, 1.54) is 0 Å². The van der Waals surface area contributed by atoms with Crippen LogP contribution in [0.3, 0.4) is 0 Å². The van der Waals surface area contributed by atoms with E-state index < -0.39 is 18.5 Å². The highest BCUT2D eigenvalue weighted by Crippen LogP contribution is 2.53. The number of nitrogens with zero attached hydrogens (tertiary/aromatic N) is 2. The van der Waals surface area contributed by atoms with Crippen LogP contribution in [-0.2, 0) is 5.41 Å². The van der Waals surface area contributed by atoms with Gasteiger partial charge in [-0.1, -0.05) is 37.3 Å². The summed E-state index contributed by atoms with van der Waals surface area (Å²) >= 11 is 1.71. The minimum atomic E-state index is -5.49. The normalized spacial score (nSPS) is 21.6. The molecule has 0 saturated carbocycles. The number of benzene rings is 3. The second-order valence-electron chi connectivity index (χ2n) is 11.8. The predicted molar refractivity (Wildman–Crippen MR) is 161 cm³/mol. The smallest absolute Gasteiger partial charge is 0.453 e. The second-order valence-corrected chi connectivity index (χ2v) is 12.8. The third-order valence-corrected chi connectivity index (χ3v) is 10.1. The molecule has 0 amide bonds. The number of ether oxygens (including phenoxy) is 1. The predicted octanol–water partition coefficient (Wildman–Crippen LogP) is 7.27. The minimum absolute atomic E-state index is 0.00827. The fourth-order valence-electron chi connectivity index (χ4n) is 6.13. The van der Waals surface area contributed by atoms with Crippen LogP contribution in [-0.4, -0.2) is 83.7 Å². The van der Waals surface area contributed by atoms with Crippen LogP contribution in [0.25, 0.3) is 0 Å². The Kier molecular flexibility index (Phi) is 9.67. The van der Waals surface area contributed by atoms with Crippen molar-refractivity contribution in [3.63, 3.8) is 0 Å². The van der Waals surface area contributed by atoms with E-state index in [9.17, 15) is 32.2 Å². The Labute approximate surface area is 258 Å². The summed E-state index contributed by atoms with van der Waals surface area (Å²) in [4.78, 5) is 5.17. The summed E-state index contributed by atoms with van der Waals surface area (Å²) in [6, 6.07) is 21.0. The zero-order valence-electron chi connectivity index (χ0n) is 24.5. The Bertz CT molecular complexity index is 1400. The maximum atomic E-state index is 13.1. The molecule has 5 rings (SSSR count). The van der Waals surface area contributed by atoms with Crippen LogP contribution in [0.1, 0.15) is 42.4 Å². The van der Waals surface area contributed by atoms with Gasteiger partial charge >= 0.3 is 12.1 Å². The summed E-state index contributed by atoms with van der Waals surface area (Å²) in [5.41, 5.74) is 3.10. The van der Waals surface area contributed by atoms with E-state index in [0.717, 1.165) is 33.1 Å². The molecule has 2 heterocycles. The fraction of sp³-hybridized carbons (Fsp3) is 0.455. The summed E-state index contributed by atoms with van der Waals surface area (Å²) in [7, 11) is 0. The Morgan fingerprint density at radius 1 is 0.841 bits per heavy atom. The number of fused-ring (bicyclic) bond motifs is 1. The SMILES string of the molecule is CC1(c2ccc(O)cc2)CSc2cc(O)ccc2C1c1ccc(OCCN2CCN(CCCC(F)(F)C(F)(F)F)CC2)cc1. The van der Waals surface area contributed by atoms with Gasteiger partial charge in [-0.2, -0.15) is 22.0 Å². The van der Waals surface area contributed by atoms with E-state index in [-0.39, 0.29) is 35.8 Å². The number of hydrogen-bond donors (Lipinski definition) is 2. The van der Waals surface area contributed by atoms with E-state index in [4.69, 9.17) is 4.74 Å². The lowest BCUT2D eigenvalue weighted by atomic mass is 9.67. The van der Waals surface area contributed by atoms with Crippen molar-refractivity contribution in [2.75, 3.05) is 51.6 Å². The van der Waals surface area contributed by atoms with Crippen LogP contribution < -0.4 is 4.74 Å². The molecule has 2 unspecified atom stereocenters. The Morgan fingerprint density at radius 2 is 1.45 bits per heavy atom. The Morgan fingerprint density at radius 3 is 2.09 bits per heavy atom. The number of thioether (sulfide) groups is 1. The van der Waals surface area contributed by atoms with Gasteiger partial charge in [0.15, 0.2) is 0 Å². The van der Waals surface area contributed by atoms with Crippen molar-refractivity contribution in [2.45, 2.75) is 48.1 Å². The third kappa shape index (κ3) is 7.26. The van der Waals surface area contributed by atoms with E-state index in [1.54, 1.807) is 30.0 Å². The van der Waals surface area contributed by atoms with Crippen molar-refractivity contribution < 1.29 is 36.9 Å². The van der Waals surface area contributed by atoms with Gasteiger partial charge in [-0.3, -0.25) is 4.90 Å². The van der Waals surface area contributed by atoms with E-state index in [0.29, 0.717) is 39.3 Å². The topological polar surface area (TPSA) is 56.2 Å². The molecule has 3 aromatic rings. The van der Waals surface area contributed by atoms with Crippen molar-refractivity contribution >= 4 is 11.8 Å². The highest BCUT2D eigenvalue weighted by atomic mass is 32.2. The standard InChI is InChI=1S/C33H37F5N2O3S/c1-31(24-5-7-25(41)8-6-24)22-44-29-21-26(42)9-12-28(29)30(31)23-3-10-27(11-4-23)43-20-19-40-17-15-39(16-18-40)14-2-13-32(34,35)33(36,37)38/h3-12,21,30,41-42H,2,13-20,22H2,1H3. The van der Waals surface area contributed by atoms with Gasteiger partial charge in [0.1, 0.15) is 23.9 Å². The molecular formula is C33H37F5N2O3S. The fourth-order valence-corrected chi connectivity index (χ4v) is 7.48. The number of alkyl halides is 5.